The highest BCUT2D eigenvalue weighted by molar-refractivity contribution is 5.75. The lowest BCUT2D eigenvalue weighted by atomic mass is 10.2. The Morgan fingerprint density at radius 3 is 2.88 bits per heavy atom. The van der Waals surface area contributed by atoms with Gasteiger partial charge in [0.15, 0.2) is 0 Å². The zero-order valence-electron chi connectivity index (χ0n) is 9.89. The van der Waals surface area contributed by atoms with Crippen molar-refractivity contribution in [3.8, 4) is 5.75 Å². The second-order valence-corrected chi connectivity index (χ2v) is 4.05. The summed E-state index contributed by atoms with van der Waals surface area (Å²) in [4.78, 5) is 11.3. The van der Waals surface area contributed by atoms with E-state index in [0.29, 0.717) is 6.61 Å². The van der Waals surface area contributed by atoms with Gasteiger partial charge in [0, 0.05) is 5.56 Å². The second-order valence-electron chi connectivity index (χ2n) is 4.05. The third-order valence-electron chi connectivity index (χ3n) is 2.67. The average Bonchev–Trinajstić information content (AvgIpc) is 3.19. The molecular weight excluding hydrogens is 216 g/mol. The summed E-state index contributed by atoms with van der Waals surface area (Å²) in [5, 5.41) is 0. The van der Waals surface area contributed by atoms with Gasteiger partial charge in [-0.05, 0) is 25.0 Å². The maximum Gasteiger partial charge on any atom is 0.309 e. The minimum atomic E-state index is -0.0744. The predicted octanol–water partition coefficient (Wildman–Crippen LogP) is 2.66. The van der Waals surface area contributed by atoms with Crippen LogP contribution in [-0.2, 0) is 9.53 Å². The monoisotopic (exact) mass is 232 g/mol. The molecule has 3 nitrogen and oxygen atoms in total. The van der Waals surface area contributed by atoms with E-state index in [9.17, 15) is 4.79 Å². The third kappa shape index (κ3) is 3.34. The van der Waals surface area contributed by atoms with Crippen molar-refractivity contribution in [1.29, 1.82) is 0 Å². The maximum absolute atomic E-state index is 11.3. The number of carbonyl (C=O) groups excluding carboxylic acids is 1. The van der Waals surface area contributed by atoms with Crippen molar-refractivity contribution in [2.24, 2.45) is 5.92 Å². The molecule has 1 aromatic rings. The van der Waals surface area contributed by atoms with Crippen LogP contribution in [0.4, 0.5) is 0 Å². The molecule has 0 amide bonds. The molecule has 0 heterocycles. The Balaban J connectivity index is 1.84. The molecule has 1 aliphatic carbocycles. The fourth-order valence-corrected chi connectivity index (χ4v) is 1.55. The highest BCUT2D eigenvalue weighted by atomic mass is 16.5. The van der Waals surface area contributed by atoms with E-state index < -0.39 is 0 Å². The van der Waals surface area contributed by atoms with Gasteiger partial charge in [0.1, 0.15) is 12.4 Å². The van der Waals surface area contributed by atoms with E-state index in [1.165, 1.54) is 0 Å². The van der Waals surface area contributed by atoms with Gasteiger partial charge in [-0.15, -0.1) is 0 Å². The summed E-state index contributed by atoms with van der Waals surface area (Å²) >= 11 is 0. The zero-order valence-corrected chi connectivity index (χ0v) is 9.89. The van der Waals surface area contributed by atoms with Crippen LogP contribution < -0.4 is 4.74 Å². The van der Waals surface area contributed by atoms with Crippen LogP contribution >= 0.6 is 0 Å². The van der Waals surface area contributed by atoms with Crippen LogP contribution in [0, 0.1) is 5.92 Å². The summed E-state index contributed by atoms with van der Waals surface area (Å²) in [5.74, 6) is 0.904. The molecule has 2 rings (SSSR count). The molecule has 90 valence electrons. The van der Waals surface area contributed by atoms with Gasteiger partial charge >= 0.3 is 5.97 Å². The minimum Gasteiger partial charge on any atom is -0.496 e. The van der Waals surface area contributed by atoms with Crippen LogP contribution in [0.15, 0.2) is 30.3 Å². The van der Waals surface area contributed by atoms with E-state index >= 15 is 0 Å². The van der Waals surface area contributed by atoms with Crippen LogP contribution in [0.5, 0.6) is 5.75 Å². The molecule has 1 aliphatic rings. The van der Waals surface area contributed by atoms with Gasteiger partial charge in [-0.3, -0.25) is 4.79 Å². The van der Waals surface area contributed by atoms with Crippen LogP contribution in [0.3, 0.4) is 0 Å². The molecule has 0 spiro atoms. The van der Waals surface area contributed by atoms with Gasteiger partial charge in [0.25, 0.3) is 0 Å². The van der Waals surface area contributed by atoms with Crippen molar-refractivity contribution in [2.75, 3.05) is 13.7 Å². The first kappa shape index (κ1) is 11.7. The first-order valence-electron chi connectivity index (χ1n) is 5.77. The number of hydrogen-bond donors (Lipinski definition) is 0. The van der Waals surface area contributed by atoms with Crippen LogP contribution in [0.1, 0.15) is 18.4 Å². The van der Waals surface area contributed by atoms with Crippen LogP contribution in [-0.4, -0.2) is 19.7 Å². The molecule has 3 heteroatoms. The number of carbonyl (C=O) groups is 1. The van der Waals surface area contributed by atoms with Crippen LogP contribution in [0.25, 0.3) is 6.08 Å². The van der Waals surface area contributed by atoms with E-state index in [1.54, 1.807) is 7.11 Å². The van der Waals surface area contributed by atoms with Crippen molar-refractivity contribution >= 4 is 12.0 Å². The first-order chi connectivity index (χ1) is 8.31. The number of benzene rings is 1. The molecule has 1 saturated carbocycles. The SMILES string of the molecule is COc1ccccc1/C=C/COC(=O)C1CC1. The highest BCUT2D eigenvalue weighted by Crippen LogP contribution is 2.30. The molecule has 0 saturated heterocycles. The van der Waals surface area contributed by atoms with Crippen molar-refractivity contribution < 1.29 is 14.3 Å². The Labute approximate surface area is 101 Å². The molecule has 1 aromatic carbocycles. The highest BCUT2D eigenvalue weighted by Gasteiger charge is 2.30. The van der Waals surface area contributed by atoms with E-state index in [2.05, 4.69) is 0 Å². The molecule has 1 fully saturated rings. The lowest BCUT2D eigenvalue weighted by Gasteiger charge is -2.03. The number of esters is 1. The lowest BCUT2D eigenvalue weighted by molar-refractivity contribution is -0.143. The maximum atomic E-state index is 11.3. The first-order valence-corrected chi connectivity index (χ1v) is 5.77. The Morgan fingerprint density at radius 1 is 1.41 bits per heavy atom. The molecule has 0 aliphatic heterocycles. The lowest BCUT2D eigenvalue weighted by Crippen LogP contribution is -2.05. The Morgan fingerprint density at radius 2 is 2.18 bits per heavy atom. The quantitative estimate of drug-likeness (QED) is 0.732. The Hall–Kier alpha value is -1.77. The fourth-order valence-electron chi connectivity index (χ4n) is 1.55. The number of methoxy groups -OCH3 is 1. The van der Waals surface area contributed by atoms with Crippen molar-refractivity contribution in [1.82, 2.24) is 0 Å². The Kier molecular flexibility index (Phi) is 3.81. The summed E-state index contributed by atoms with van der Waals surface area (Å²) in [6.07, 6.45) is 5.70. The number of para-hydroxylation sites is 1. The topological polar surface area (TPSA) is 35.5 Å². The minimum absolute atomic E-state index is 0.0744. The number of ether oxygens (including phenoxy) is 2. The summed E-state index contributed by atoms with van der Waals surface area (Å²) in [7, 11) is 1.64. The molecule has 0 atom stereocenters. The number of rotatable bonds is 5. The predicted molar refractivity (Wildman–Crippen MR) is 65.7 cm³/mol. The second kappa shape index (κ2) is 5.53. The van der Waals surface area contributed by atoms with Gasteiger partial charge in [0.05, 0.1) is 13.0 Å². The van der Waals surface area contributed by atoms with Gasteiger partial charge in [-0.25, -0.2) is 0 Å². The molecule has 17 heavy (non-hydrogen) atoms. The van der Waals surface area contributed by atoms with Crippen molar-refractivity contribution in [3.05, 3.63) is 35.9 Å². The summed E-state index contributed by atoms with van der Waals surface area (Å²) in [6, 6.07) is 7.72. The van der Waals surface area contributed by atoms with E-state index in [-0.39, 0.29) is 11.9 Å². The van der Waals surface area contributed by atoms with Gasteiger partial charge in [-0.2, -0.15) is 0 Å². The normalized spacial score (nSPS) is 14.9. The smallest absolute Gasteiger partial charge is 0.309 e. The number of hydrogen-bond acceptors (Lipinski definition) is 3. The summed E-state index contributed by atoms with van der Waals surface area (Å²) in [6.45, 7) is 0.327. The van der Waals surface area contributed by atoms with Crippen molar-refractivity contribution in [2.45, 2.75) is 12.8 Å². The fraction of sp³-hybridized carbons (Fsp3) is 0.357. The van der Waals surface area contributed by atoms with E-state index in [1.807, 2.05) is 36.4 Å². The summed E-state index contributed by atoms with van der Waals surface area (Å²) in [5.41, 5.74) is 0.984. The standard InChI is InChI=1S/C14H16O3/c1-16-13-7-3-2-5-11(13)6-4-10-17-14(15)12-8-9-12/h2-7,12H,8-10H2,1H3/b6-4+. The molecule has 0 N–H and O–H groups in total. The average molecular weight is 232 g/mol. The van der Waals surface area contributed by atoms with Crippen LogP contribution in [0.2, 0.25) is 0 Å². The van der Waals surface area contributed by atoms with E-state index in [0.717, 1.165) is 24.2 Å². The van der Waals surface area contributed by atoms with E-state index in [4.69, 9.17) is 9.47 Å². The van der Waals surface area contributed by atoms with Gasteiger partial charge in [-0.1, -0.05) is 24.3 Å². The molecule has 0 unspecified atom stereocenters. The van der Waals surface area contributed by atoms with Gasteiger partial charge in [0.2, 0.25) is 0 Å². The third-order valence-corrected chi connectivity index (χ3v) is 2.67. The zero-order chi connectivity index (χ0) is 12.1. The molecule has 0 bridgehead atoms. The summed E-state index contributed by atoms with van der Waals surface area (Å²) < 4.78 is 10.3. The van der Waals surface area contributed by atoms with Crippen molar-refractivity contribution in [3.63, 3.8) is 0 Å². The molecule has 0 aromatic heterocycles. The molecular formula is C14H16O3. The van der Waals surface area contributed by atoms with Gasteiger partial charge < -0.3 is 9.47 Å². The largest absolute Gasteiger partial charge is 0.496 e. The Bertz CT molecular complexity index is 419. The molecule has 0 radical (unpaired) electrons.